The molecule has 0 aromatic carbocycles. The Hall–Kier alpha value is -1.49. The molecule has 0 spiro atoms. The standard InChI is InChI=1S/C10H14N2O6S2/c1-12(20(17,18)9-3-2-4-19-9)6-8(14)11-5-7(13)10(15)16/h2-4,7,13H,5-6H2,1H3,(H,11,14)(H,15,16)/t7-/m0/s1. The number of nitrogens with one attached hydrogen (secondary N) is 1. The highest BCUT2D eigenvalue weighted by atomic mass is 32.2. The number of rotatable bonds is 7. The van der Waals surface area contributed by atoms with Crippen LogP contribution in [-0.4, -0.2) is 61.1 Å². The highest BCUT2D eigenvalue weighted by molar-refractivity contribution is 7.91. The summed E-state index contributed by atoms with van der Waals surface area (Å²) in [6.07, 6.45) is -1.72. The quantitative estimate of drug-likeness (QED) is 0.587. The van der Waals surface area contributed by atoms with E-state index in [1.807, 2.05) is 0 Å². The van der Waals surface area contributed by atoms with Crippen molar-refractivity contribution in [2.45, 2.75) is 10.3 Å². The van der Waals surface area contributed by atoms with Gasteiger partial charge in [0.2, 0.25) is 5.91 Å². The van der Waals surface area contributed by atoms with Gasteiger partial charge in [-0.25, -0.2) is 13.2 Å². The topological polar surface area (TPSA) is 124 Å². The van der Waals surface area contributed by atoms with Crippen molar-refractivity contribution in [3.05, 3.63) is 17.5 Å². The van der Waals surface area contributed by atoms with Gasteiger partial charge in [-0.05, 0) is 11.4 Å². The smallest absolute Gasteiger partial charge is 0.334 e. The van der Waals surface area contributed by atoms with E-state index < -0.39 is 41.1 Å². The van der Waals surface area contributed by atoms with Crippen LogP contribution in [0.25, 0.3) is 0 Å². The van der Waals surface area contributed by atoms with E-state index >= 15 is 0 Å². The van der Waals surface area contributed by atoms with Crippen LogP contribution in [0.15, 0.2) is 21.7 Å². The summed E-state index contributed by atoms with van der Waals surface area (Å²) >= 11 is 1.03. The molecule has 1 heterocycles. The summed E-state index contributed by atoms with van der Waals surface area (Å²) < 4.78 is 24.9. The van der Waals surface area contributed by atoms with E-state index in [0.717, 1.165) is 15.6 Å². The lowest BCUT2D eigenvalue weighted by atomic mass is 10.3. The molecule has 3 N–H and O–H groups in total. The lowest BCUT2D eigenvalue weighted by Gasteiger charge is -2.16. The molecule has 0 aliphatic heterocycles. The van der Waals surface area contributed by atoms with Crippen LogP contribution in [0.4, 0.5) is 0 Å². The molecule has 1 aromatic rings. The Balaban J connectivity index is 2.56. The number of thiophene rings is 1. The number of likely N-dealkylation sites (N-methyl/N-ethyl adjacent to an activating group) is 1. The summed E-state index contributed by atoms with van der Waals surface area (Å²) in [4.78, 5) is 21.8. The Morgan fingerprint density at radius 3 is 2.65 bits per heavy atom. The number of carboxylic acids is 1. The fourth-order valence-electron chi connectivity index (χ4n) is 1.20. The van der Waals surface area contributed by atoms with Gasteiger partial charge in [0.05, 0.1) is 13.1 Å². The maximum absolute atomic E-state index is 12.0. The molecule has 10 heteroatoms. The number of carbonyl (C=O) groups excluding carboxylic acids is 1. The minimum Gasteiger partial charge on any atom is -0.479 e. The molecule has 1 aromatic heterocycles. The lowest BCUT2D eigenvalue weighted by molar-refractivity contribution is -0.146. The zero-order chi connectivity index (χ0) is 15.3. The van der Waals surface area contributed by atoms with Crippen LogP contribution in [0.2, 0.25) is 0 Å². The molecule has 1 atom stereocenters. The zero-order valence-electron chi connectivity index (χ0n) is 10.5. The third-order valence-corrected chi connectivity index (χ3v) is 5.48. The second-order valence-electron chi connectivity index (χ2n) is 3.85. The molecule has 0 unspecified atom stereocenters. The molecule has 0 fully saturated rings. The van der Waals surface area contributed by atoms with E-state index in [-0.39, 0.29) is 4.21 Å². The van der Waals surface area contributed by atoms with Gasteiger partial charge in [0.1, 0.15) is 4.21 Å². The molecule has 1 rings (SSSR count). The van der Waals surface area contributed by atoms with Gasteiger partial charge in [-0.15, -0.1) is 11.3 Å². The van der Waals surface area contributed by atoms with Crippen molar-refractivity contribution < 1.29 is 28.2 Å². The maximum Gasteiger partial charge on any atom is 0.334 e. The molecule has 0 aliphatic rings. The van der Waals surface area contributed by atoms with E-state index in [1.165, 1.54) is 13.1 Å². The summed E-state index contributed by atoms with van der Waals surface area (Å²) in [5, 5.41) is 21.1. The number of hydrogen-bond acceptors (Lipinski definition) is 6. The summed E-state index contributed by atoms with van der Waals surface area (Å²) in [5.74, 6) is -2.17. The van der Waals surface area contributed by atoms with E-state index in [1.54, 1.807) is 11.4 Å². The van der Waals surface area contributed by atoms with Crippen LogP contribution in [0, 0.1) is 0 Å². The molecular weight excluding hydrogens is 308 g/mol. The van der Waals surface area contributed by atoms with Gasteiger partial charge in [0.15, 0.2) is 6.10 Å². The summed E-state index contributed by atoms with van der Waals surface area (Å²) in [6.45, 7) is -0.951. The maximum atomic E-state index is 12.0. The van der Waals surface area contributed by atoms with Gasteiger partial charge in [-0.2, -0.15) is 4.31 Å². The van der Waals surface area contributed by atoms with Crippen molar-refractivity contribution in [1.82, 2.24) is 9.62 Å². The molecule has 112 valence electrons. The second kappa shape index (κ2) is 6.79. The normalized spacial score (nSPS) is 13.2. The number of aliphatic hydroxyl groups excluding tert-OH is 1. The van der Waals surface area contributed by atoms with Crippen LogP contribution in [0.1, 0.15) is 0 Å². The molecule has 0 bridgehead atoms. The van der Waals surface area contributed by atoms with Crippen molar-refractivity contribution in [2.75, 3.05) is 20.1 Å². The predicted molar refractivity (Wildman–Crippen MR) is 70.8 cm³/mol. The van der Waals surface area contributed by atoms with Crippen molar-refractivity contribution in [3.8, 4) is 0 Å². The van der Waals surface area contributed by atoms with Gasteiger partial charge < -0.3 is 15.5 Å². The minimum absolute atomic E-state index is 0.110. The number of amides is 1. The number of nitrogens with zero attached hydrogens (tertiary/aromatic N) is 1. The molecule has 0 aliphatic carbocycles. The molecule has 1 amide bonds. The number of carboxylic acid groups (broad SMARTS) is 1. The van der Waals surface area contributed by atoms with Crippen molar-refractivity contribution in [3.63, 3.8) is 0 Å². The van der Waals surface area contributed by atoms with Gasteiger partial charge in [-0.3, -0.25) is 4.79 Å². The van der Waals surface area contributed by atoms with Crippen LogP contribution >= 0.6 is 11.3 Å². The van der Waals surface area contributed by atoms with Crippen LogP contribution in [0.3, 0.4) is 0 Å². The SMILES string of the molecule is CN(CC(=O)NC[C@H](O)C(=O)O)S(=O)(=O)c1cccs1. The molecular formula is C10H14N2O6S2. The first kappa shape index (κ1) is 16.6. The Morgan fingerprint density at radius 1 is 1.50 bits per heavy atom. The van der Waals surface area contributed by atoms with Crippen LogP contribution in [0.5, 0.6) is 0 Å². The fourth-order valence-corrected chi connectivity index (χ4v) is 3.53. The highest BCUT2D eigenvalue weighted by Crippen LogP contribution is 2.19. The van der Waals surface area contributed by atoms with E-state index in [9.17, 15) is 18.0 Å². The first-order valence-corrected chi connectivity index (χ1v) is 7.74. The third kappa shape index (κ3) is 4.27. The molecule has 0 saturated carbocycles. The van der Waals surface area contributed by atoms with Crippen LogP contribution < -0.4 is 5.32 Å². The largest absolute Gasteiger partial charge is 0.479 e. The van der Waals surface area contributed by atoms with E-state index in [4.69, 9.17) is 10.2 Å². The van der Waals surface area contributed by atoms with E-state index in [0.29, 0.717) is 0 Å². The lowest BCUT2D eigenvalue weighted by Crippen LogP contribution is -2.42. The average molecular weight is 322 g/mol. The second-order valence-corrected chi connectivity index (χ2v) is 7.07. The summed E-state index contributed by atoms with van der Waals surface area (Å²) in [5.41, 5.74) is 0. The first-order valence-electron chi connectivity index (χ1n) is 5.42. The Bertz CT molecular complexity index is 569. The molecule has 0 radical (unpaired) electrons. The Labute approximate surface area is 119 Å². The third-order valence-electron chi connectivity index (χ3n) is 2.30. The zero-order valence-corrected chi connectivity index (χ0v) is 12.1. The van der Waals surface area contributed by atoms with Crippen LogP contribution in [-0.2, 0) is 19.6 Å². The minimum atomic E-state index is -3.73. The van der Waals surface area contributed by atoms with Gasteiger partial charge in [0.25, 0.3) is 10.0 Å². The number of hydrogen-bond donors (Lipinski definition) is 3. The number of sulfonamides is 1. The van der Waals surface area contributed by atoms with Crippen molar-refractivity contribution in [2.24, 2.45) is 0 Å². The Morgan fingerprint density at radius 2 is 2.15 bits per heavy atom. The van der Waals surface area contributed by atoms with Gasteiger partial charge in [0, 0.05) is 7.05 Å². The predicted octanol–water partition coefficient (Wildman–Crippen LogP) is -1.07. The number of carbonyl (C=O) groups is 2. The number of aliphatic carboxylic acids is 1. The summed E-state index contributed by atoms with van der Waals surface area (Å²) in [6, 6.07) is 3.00. The summed E-state index contributed by atoms with van der Waals surface area (Å²) in [7, 11) is -2.50. The molecule has 20 heavy (non-hydrogen) atoms. The van der Waals surface area contributed by atoms with Crippen molar-refractivity contribution >= 4 is 33.2 Å². The monoisotopic (exact) mass is 322 g/mol. The number of aliphatic hydroxyl groups is 1. The van der Waals surface area contributed by atoms with Crippen molar-refractivity contribution in [1.29, 1.82) is 0 Å². The highest BCUT2D eigenvalue weighted by Gasteiger charge is 2.24. The first-order chi connectivity index (χ1) is 9.25. The molecule has 0 saturated heterocycles. The fraction of sp³-hybridized carbons (Fsp3) is 0.400. The average Bonchev–Trinajstić information content (AvgIpc) is 2.89. The van der Waals surface area contributed by atoms with E-state index in [2.05, 4.69) is 5.32 Å². The van der Waals surface area contributed by atoms with Gasteiger partial charge in [-0.1, -0.05) is 6.07 Å². The Kier molecular flexibility index (Phi) is 5.62. The molecule has 8 nitrogen and oxygen atoms in total. The van der Waals surface area contributed by atoms with Gasteiger partial charge >= 0.3 is 5.97 Å².